The standard InChI is InChI=1S/C13H25N5/c1-4-17-8-6-7-11(9-17)15-13-12(14)10(3)16-18(13)5-2/h11,15H,4-9,14H2,1-3H3. The number of nitrogen functional groups attached to an aromatic ring is 1. The predicted octanol–water partition coefficient (Wildman–Crippen LogP) is 1.69. The van der Waals surface area contributed by atoms with Gasteiger partial charge >= 0.3 is 0 Å². The summed E-state index contributed by atoms with van der Waals surface area (Å²) in [7, 11) is 0. The number of aromatic nitrogens is 2. The molecule has 0 amide bonds. The lowest BCUT2D eigenvalue weighted by molar-refractivity contribution is 0.226. The van der Waals surface area contributed by atoms with E-state index in [-0.39, 0.29) is 0 Å². The van der Waals surface area contributed by atoms with Crippen molar-refractivity contribution in [2.24, 2.45) is 0 Å². The van der Waals surface area contributed by atoms with Gasteiger partial charge in [0.05, 0.1) is 11.4 Å². The number of nitrogens with zero attached hydrogens (tertiary/aromatic N) is 3. The van der Waals surface area contributed by atoms with Crippen molar-refractivity contribution in [2.45, 2.75) is 46.2 Å². The Morgan fingerprint density at radius 2 is 2.17 bits per heavy atom. The smallest absolute Gasteiger partial charge is 0.148 e. The molecular weight excluding hydrogens is 226 g/mol. The number of anilines is 2. The van der Waals surface area contributed by atoms with E-state index in [1.165, 1.54) is 19.4 Å². The summed E-state index contributed by atoms with van der Waals surface area (Å²) in [5.41, 5.74) is 7.82. The third-order valence-corrected chi connectivity index (χ3v) is 3.77. The van der Waals surface area contributed by atoms with E-state index in [9.17, 15) is 0 Å². The lowest BCUT2D eigenvalue weighted by atomic mass is 10.1. The zero-order valence-electron chi connectivity index (χ0n) is 11.7. The van der Waals surface area contributed by atoms with Crippen LogP contribution in [0.2, 0.25) is 0 Å². The van der Waals surface area contributed by atoms with Gasteiger partial charge in [-0.3, -0.25) is 0 Å². The molecule has 0 aliphatic carbocycles. The number of hydrogen-bond acceptors (Lipinski definition) is 4. The summed E-state index contributed by atoms with van der Waals surface area (Å²) in [4.78, 5) is 2.48. The molecule has 18 heavy (non-hydrogen) atoms. The number of rotatable bonds is 4. The van der Waals surface area contributed by atoms with Crippen LogP contribution in [-0.4, -0.2) is 40.4 Å². The highest BCUT2D eigenvalue weighted by Crippen LogP contribution is 2.24. The van der Waals surface area contributed by atoms with Crippen LogP contribution in [0.25, 0.3) is 0 Å². The molecule has 3 N–H and O–H groups in total. The number of nitrogens with two attached hydrogens (primary N) is 1. The molecule has 1 aliphatic rings. The van der Waals surface area contributed by atoms with E-state index >= 15 is 0 Å². The van der Waals surface area contributed by atoms with Crippen molar-refractivity contribution in [1.82, 2.24) is 14.7 Å². The predicted molar refractivity (Wildman–Crippen MR) is 75.8 cm³/mol. The molecule has 0 aromatic carbocycles. The molecule has 1 fully saturated rings. The summed E-state index contributed by atoms with van der Waals surface area (Å²) in [6.45, 7) is 10.6. The van der Waals surface area contributed by atoms with E-state index in [0.29, 0.717) is 6.04 Å². The molecule has 1 aromatic heterocycles. The van der Waals surface area contributed by atoms with Crippen LogP contribution in [0.3, 0.4) is 0 Å². The Morgan fingerprint density at radius 1 is 1.39 bits per heavy atom. The average Bonchev–Trinajstić information content (AvgIpc) is 2.67. The quantitative estimate of drug-likeness (QED) is 0.855. The molecule has 1 aromatic rings. The lowest BCUT2D eigenvalue weighted by Crippen LogP contribution is -2.42. The summed E-state index contributed by atoms with van der Waals surface area (Å²) < 4.78 is 1.97. The minimum Gasteiger partial charge on any atom is -0.394 e. The average molecular weight is 251 g/mol. The number of nitrogens with one attached hydrogen (secondary N) is 1. The fourth-order valence-corrected chi connectivity index (χ4v) is 2.63. The second-order valence-electron chi connectivity index (χ2n) is 5.04. The van der Waals surface area contributed by atoms with Crippen molar-refractivity contribution < 1.29 is 0 Å². The van der Waals surface area contributed by atoms with Crippen molar-refractivity contribution in [3.63, 3.8) is 0 Å². The Morgan fingerprint density at radius 3 is 2.83 bits per heavy atom. The highest BCUT2D eigenvalue weighted by Gasteiger charge is 2.21. The molecule has 1 saturated heterocycles. The maximum atomic E-state index is 6.10. The minimum atomic E-state index is 0.488. The molecule has 1 unspecified atom stereocenters. The van der Waals surface area contributed by atoms with E-state index in [4.69, 9.17) is 5.73 Å². The normalized spacial score (nSPS) is 21.2. The molecule has 1 atom stereocenters. The molecule has 2 heterocycles. The largest absolute Gasteiger partial charge is 0.394 e. The van der Waals surface area contributed by atoms with Crippen LogP contribution in [-0.2, 0) is 6.54 Å². The zero-order valence-corrected chi connectivity index (χ0v) is 11.7. The van der Waals surface area contributed by atoms with Gasteiger partial charge in [0, 0.05) is 19.1 Å². The number of likely N-dealkylation sites (tertiary alicyclic amines) is 1. The van der Waals surface area contributed by atoms with Gasteiger partial charge in [-0.15, -0.1) is 0 Å². The van der Waals surface area contributed by atoms with Gasteiger partial charge in [0.15, 0.2) is 0 Å². The molecule has 0 spiro atoms. The molecule has 1 aliphatic heterocycles. The van der Waals surface area contributed by atoms with Crippen LogP contribution in [0.5, 0.6) is 0 Å². The molecular formula is C13H25N5. The Kier molecular flexibility index (Phi) is 4.11. The molecule has 5 nitrogen and oxygen atoms in total. The van der Waals surface area contributed by atoms with Gasteiger partial charge in [0.1, 0.15) is 5.82 Å². The minimum absolute atomic E-state index is 0.488. The summed E-state index contributed by atoms with van der Waals surface area (Å²) in [5, 5.41) is 8.04. The van der Waals surface area contributed by atoms with Crippen LogP contribution in [0, 0.1) is 6.92 Å². The second-order valence-corrected chi connectivity index (χ2v) is 5.04. The van der Waals surface area contributed by atoms with E-state index in [1.807, 2.05) is 11.6 Å². The van der Waals surface area contributed by atoms with Crippen LogP contribution in [0.4, 0.5) is 11.5 Å². The summed E-state index contributed by atoms with van der Waals surface area (Å²) >= 11 is 0. The van der Waals surface area contributed by atoms with Crippen LogP contribution in [0.1, 0.15) is 32.4 Å². The van der Waals surface area contributed by atoms with Gasteiger partial charge in [-0.25, -0.2) is 4.68 Å². The van der Waals surface area contributed by atoms with Crippen molar-refractivity contribution in [2.75, 3.05) is 30.7 Å². The fraction of sp³-hybridized carbons (Fsp3) is 0.769. The van der Waals surface area contributed by atoms with E-state index in [1.54, 1.807) is 0 Å². The van der Waals surface area contributed by atoms with Crippen molar-refractivity contribution in [3.05, 3.63) is 5.69 Å². The summed E-state index contributed by atoms with van der Waals surface area (Å²) in [6, 6.07) is 0.488. The molecule has 0 saturated carbocycles. The Balaban J connectivity index is 2.08. The van der Waals surface area contributed by atoms with Gasteiger partial charge in [-0.1, -0.05) is 6.92 Å². The zero-order chi connectivity index (χ0) is 13.1. The molecule has 2 rings (SSSR count). The summed E-state index contributed by atoms with van der Waals surface area (Å²) in [5.74, 6) is 0.998. The van der Waals surface area contributed by atoms with E-state index in [2.05, 4.69) is 29.2 Å². The number of piperidine rings is 1. The maximum absolute atomic E-state index is 6.10. The monoisotopic (exact) mass is 251 g/mol. The third kappa shape index (κ3) is 2.61. The van der Waals surface area contributed by atoms with Crippen LogP contribution in [0.15, 0.2) is 0 Å². The first kappa shape index (κ1) is 13.2. The highest BCUT2D eigenvalue weighted by molar-refractivity contribution is 5.65. The SMILES string of the molecule is CCN1CCCC(Nc2c(N)c(C)nn2CC)C1. The Labute approximate surface area is 109 Å². The van der Waals surface area contributed by atoms with Crippen molar-refractivity contribution in [3.8, 4) is 0 Å². The van der Waals surface area contributed by atoms with Gasteiger partial charge < -0.3 is 16.0 Å². The third-order valence-electron chi connectivity index (χ3n) is 3.77. The fourth-order valence-electron chi connectivity index (χ4n) is 2.63. The number of hydrogen-bond donors (Lipinski definition) is 2. The maximum Gasteiger partial charge on any atom is 0.148 e. The first-order chi connectivity index (χ1) is 8.65. The van der Waals surface area contributed by atoms with Crippen LogP contribution < -0.4 is 11.1 Å². The Bertz CT molecular complexity index is 398. The molecule has 102 valence electrons. The van der Waals surface area contributed by atoms with E-state index in [0.717, 1.165) is 36.8 Å². The van der Waals surface area contributed by atoms with E-state index < -0.39 is 0 Å². The first-order valence-corrected chi connectivity index (χ1v) is 6.97. The second kappa shape index (κ2) is 5.61. The van der Waals surface area contributed by atoms with Crippen LogP contribution >= 0.6 is 0 Å². The highest BCUT2D eigenvalue weighted by atomic mass is 15.3. The topological polar surface area (TPSA) is 59.1 Å². The number of likely N-dealkylation sites (N-methyl/N-ethyl adjacent to an activating group) is 1. The van der Waals surface area contributed by atoms with Crippen molar-refractivity contribution in [1.29, 1.82) is 0 Å². The van der Waals surface area contributed by atoms with Gasteiger partial charge in [-0.2, -0.15) is 5.10 Å². The Hall–Kier alpha value is -1.23. The van der Waals surface area contributed by atoms with Gasteiger partial charge in [0.2, 0.25) is 0 Å². The summed E-state index contributed by atoms with van der Waals surface area (Å²) in [6.07, 6.45) is 2.47. The first-order valence-electron chi connectivity index (χ1n) is 6.97. The molecule has 5 heteroatoms. The molecule has 0 radical (unpaired) electrons. The van der Waals surface area contributed by atoms with Gasteiger partial charge in [-0.05, 0) is 39.8 Å². The number of aryl methyl sites for hydroxylation is 2. The molecule has 0 bridgehead atoms. The van der Waals surface area contributed by atoms with Gasteiger partial charge in [0.25, 0.3) is 0 Å². The lowest BCUT2D eigenvalue weighted by Gasteiger charge is -2.32. The van der Waals surface area contributed by atoms with Crippen molar-refractivity contribution >= 4 is 11.5 Å².